The summed E-state index contributed by atoms with van der Waals surface area (Å²) in [5, 5.41) is 14.0. The van der Waals surface area contributed by atoms with E-state index in [0.29, 0.717) is 11.1 Å². The number of carbonyl (C=O) groups excluding carboxylic acids is 3. The van der Waals surface area contributed by atoms with Crippen LogP contribution in [0.4, 0.5) is 18.0 Å². The third kappa shape index (κ3) is 7.62. The second-order valence-corrected chi connectivity index (χ2v) is 8.02. The molecule has 2 aromatic carbocycles. The number of benzene rings is 2. The van der Waals surface area contributed by atoms with Crippen LogP contribution < -0.4 is 10.4 Å². The lowest BCUT2D eigenvalue weighted by Gasteiger charge is -2.36. The zero-order valence-electron chi connectivity index (χ0n) is 18.3. The molecule has 1 N–H and O–H groups in total. The van der Waals surface area contributed by atoms with Crippen LogP contribution in [0.2, 0.25) is 0 Å². The molecule has 0 unspecified atom stereocenters. The zero-order chi connectivity index (χ0) is 24.6. The van der Waals surface area contributed by atoms with Crippen molar-refractivity contribution in [2.45, 2.75) is 51.5 Å². The SMILES string of the molecule is CC(C)[C@@H](C(=O)N[C@@H](CCc1ccccc1)C(=O)C(F)(F)F)N(Cc1ccccc1)C(=O)[O-]. The number of nitrogens with one attached hydrogen (secondary N) is 1. The Morgan fingerprint density at radius 2 is 1.45 bits per heavy atom. The number of carboxylic acid groups (broad SMARTS) is 1. The molecule has 0 radical (unpaired) electrons. The Kier molecular flexibility index (Phi) is 9.02. The van der Waals surface area contributed by atoms with Gasteiger partial charge < -0.3 is 20.1 Å². The first-order chi connectivity index (χ1) is 15.5. The molecule has 9 heteroatoms. The summed E-state index contributed by atoms with van der Waals surface area (Å²) < 4.78 is 39.6. The van der Waals surface area contributed by atoms with Crippen molar-refractivity contribution >= 4 is 17.8 Å². The van der Waals surface area contributed by atoms with Gasteiger partial charge in [0.25, 0.3) is 5.78 Å². The minimum atomic E-state index is -5.15. The monoisotopic (exact) mass is 463 g/mol. The fraction of sp³-hybridized carbons (Fsp3) is 0.375. The highest BCUT2D eigenvalue weighted by molar-refractivity contribution is 5.94. The molecule has 2 amide bonds. The molecule has 178 valence electrons. The van der Waals surface area contributed by atoms with Gasteiger partial charge in [0.2, 0.25) is 5.91 Å². The largest absolute Gasteiger partial charge is 0.530 e. The van der Waals surface area contributed by atoms with Crippen LogP contribution in [-0.2, 0) is 22.6 Å². The smallest absolute Gasteiger partial charge is 0.452 e. The van der Waals surface area contributed by atoms with Crippen LogP contribution in [0.25, 0.3) is 0 Å². The van der Waals surface area contributed by atoms with Crippen LogP contribution >= 0.6 is 0 Å². The summed E-state index contributed by atoms with van der Waals surface area (Å²) in [5.74, 6) is -3.67. The second kappa shape index (κ2) is 11.5. The minimum absolute atomic E-state index is 0.119. The van der Waals surface area contributed by atoms with E-state index in [0.717, 1.165) is 4.90 Å². The van der Waals surface area contributed by atoms with Gasteiger partial charge in [-0.1, -0.05) is 74.5 Å². The summed E-state index contributed by atoms with van der Waals surface area (Å²) in [6.45, 7) is 2.94. The molecule has 2 rings (SSSR count). The van der Waals surface area contributed by atoms with Gasteiger partial charge in [0.05, 0.1) is 6.04 Å². The lowest BCUT2D eigenvalue weighted by atomic mass is 9.98. The van der Waals surface area contributed by atoms with Gasteiger partial charge in [-0.2, -0.15) is 13.2 Å². The van der Waals surface area contributed by atoms with E-state index in [-0.39, 0.29) is 19.4 Å². The Morgan fingerprint density at radius 1 is 0.939 bits per heavy atom. The average molecular weight is 463 g/mol. The number of amides is 2. The molecular weight excluding hydrogens is 437 g/mol. The predicted octanol–water partition coefficient (Wildman–Crippen LogP) is 3.11. The first-order valence-electron chi connectivity index (χ1n) is 10.5. The van der Waals surface area contributed by atoms with Gasteiger partial charge in [-0.15, -0.1) is 0 Å². The number of Topliss-reactive ketones (excluding diaryl/α,β-unsaturated/α-hetero) is 1. The maximum atomic E-state index is 13.2. The van der Waals surface area contributed by atoms with E-state index in [9.17, 15) is 32.7 Å². The molecular formula is C24H26F3N2O4-. The van der Waals surface area contributed by atoms with Gasteiger partial charge in [0.15, 0.2) is 0 Å². The fourth-order valence-electron chi connectivity index (χ4n) is 3.54. The van der Waals surface area contributed by atoms with Crippen molar-refractivity contribution in [2.75, 3.05) is 0 Å². The van der Waals surface area contributed by atoms with Crippen LogP contribution in [-0.4, -0.2) is 40.9 Å². The molecule has 0 aromatic heterocycles. The highest BCUT2D eigenvalue weighted by atomic mass is 19.4. The highest BCUT2D eigenvalue weighted by Gasteiger charge is 2.44. The number of hydrogen-bond acceptors (Lipinski definition) is 4. The number of rotatable bonds is 10. The third-order valence-electron chi connectivity index (χ3n) is 5.14. The Balaban J connectivity index is 2.25. The van der Waals surface area contributed by atoms with Crippen LogP contribution in [0.3, 0.4) is 0 Å². The summed E-state index contributed by atoms with van der Waals surface area (Å²) in [4.78, 5) is 37.6. The standard InChI is InChI=1S/C24H27F3N2O4/c1-16(2)20(29(23(32)33)15-18-11-7-4-8-12-18)22(31)28-19(21(30)24(25,26)27)14-13-17-9-5-3-6-10-17/h3-12,16,19-20H,13-15H2,1-2H3,(H,28,31)(H,32,33)/p-1/t19-,20-/m0/s1. The van der Waals surface area contributed by atoms with Crippen molar-refractivity contribution in [3.05, 3.63) is 71.8 Å². The molecule has 0 bridgehead atoms. The maximum Gasteiger partial charge on any atom is 0.452 e. The summed E-state index contributed by atoms with van der Waals surface area (Å²) in [6, 6.07) is 13.8. The van der Waals surface area contributed by atoms with Crippen LogP contribution in [0.5, 0.6) is 0 Å². The molecule has 6 nitrogen and oxygen atoms in total. The van der Waals surface area contributed by atoms with E-state index in [1.807, 2.05) is 0 Å². The van der Waals surface area contributed by atoms with Crippen molar-refractivity contribution < 1.29 is 32.7 Å². The number of carbonyl (C=O) groups is 3. The summed E-state index contributed by atoms with van der Waals surface area (Å²) in [6.07, 6.45) is -6.97. The molecule has 0 aliphatic rings. The Labute approximate surface area is 190 Å². The minimum Gasteiger partial charge on any atom is -0.530 e. The van der Waals surface area contributed by atoms with Gasteiger partial charge in [0.1, 0.15) is 12.1 Å². The van der Waals surface area contributed by atoms with E-state index >= 15 is 0 Å². The van der Waals surface area contributed by atoms with Crippen molar-refractivity contribution in [2.24, 2.45) is 5.92 Å². The Morgan fingerprint density at radius 3 is 1.91 bits per heavy atom. The molecule has 0 saturated carbocycles. The third-order valence-corrected chi connectivity index (χ3v) is 5.14. The maximum absolute atomic E-state index is 13.2. The van der Waals surface area contributed by atoms with Crippen molar-refractivity contribution in [3.8, 4) is 0 Å². The number of halogens is 3. The van der Waals surface area contributed by atoms with Crippen molar-refractivity contribution in [1.29, 1.82) is 0 Å². The molecule has 0 fully saturated rings. The molecule has 0 spiro atoms. The van der Waals surface area contributed by atoms with E-state index in [4.69, 9.17) is 0 Å². The summed E-state index contributed by atoms with van der Waals surface area (Å²) >= 11 is 0. The zero-order valence-corrected chi connectivity index (χ0v) is 18.3. The molecule has 0 aliphatic heterocycles. The van der Waals surface area contributed by atoms with Gasteiger partial charge in [-0.25, -0.2) is 0 Å². The highest BCUT2D eigenvalue weighted by Crippen LogP contribution is 2.22. The Hall–Kier alpha value is -3.36. The molecule has 33 heavy (non-hydrogen) atoms. The van der Waals surface area contributed by atoms with Gasteiger partial charge in [0, 0.05) is 6.54 Å². The lowest BCUT2D eigenvalue weighted by molar-refractivity contribution is -0.269. The summed E-state index contributed by atoms with van der Waals surface area (Å²) in [7, 11) is 0. The van der Waals surface area contributed by atoms with Gasteiger partial charge in [-0.3, -0.25) is 9.59 Å². The normalized spacial score (nSPS) is 13.3. The van der Waals surface area contributed by atoms with E-state index in [1.54, 1.807) is 74.5 Å². The quantitative estimate of drug-likeness (QED) is 0.586. The van der Waals surface area contributed by atoms with Crippen LogP contribution in [0, 0.1) is 5.92 Å². The average Bonchev–Trinajstić information content (AvgIpc) is 2.76. The molecule has 0 aliphatic carbocycles. The number of nitrogens with zero attached hydrogens (tertiary/aromatic N) is 1. The van der Waals surface area contributed by atoms with Crippen LogP contribution in [0.1, 0.15) is 31.4 Å². The molecule has 2 aromatic rings. The number of alkyl halides is 3. The van der Waals surface area contributed by atoms with E-state index in [2.05, 4.69) is 5.32 Å². The van der Waals surface area contributed by atoms with Gasteiger partial charge >= 0.3 is 6.18 Å². The van der Waals surface area contributed by atoms with E-state index < -0.39 is 42.0 Å². The van der Waals surface area contributed by atoms with Gasteiger partial charge in [-0.05, 0) is 29.9 Å². The van der Waals surface area contributed by atoms with Crippen molar-refractivity contribution in [3.63, 3.8) is 0 Å². The van der Waals surface area contributed by atoms with E-state index in [1.165, 1.54) is 0 Å². The second-order valence-electron chi connectivity index (χ2n) is 8.02. The fourth-order valence-corrected chi connectivity index (χ4v) is 3.54. The first-order valence-corrected chi connectivity index (χ1v) is 10.5. The molecule has 0 heterocycles. The number of aryl methyl sites for hydroxylation is 1. The predicted molar refractivity (Wildman–Crippen MR) is 114 cm³/mol. The number of ketones is 1. The summed E-state index contributed by atoms with van der Waals surface area (Å²) in [5.41, 5.74) is 1.28. The molecule has 2 atom stereocenters. The Bertz CT molecular complexity index is 934. The first kappa shape index (κ1) is 25.9. The topological polar surface area (TPSA) is 89.5 Å². The van der Waals surface area contributed by atoms with Crippen molar-refractivity contribution in [1.82, 2.24) is 10.2 Å². The van der Waals surface area contributed by atoms with Crippen LogP contribution in [0.15, 0.2) is 60.7 Å². The number of hydrogen-bond donors (Lipinski definition) is 1. The lowest BCUT2D eigenvalue weighted by Crippen LogP contribution is -2.58. The molecule has 0 saturated heterocycles.